The second-order valence-electron chi connectivity index (χ2n) is 5.43. The molecule has 0 aromatic heterocycles. The van der Waals surface area contributed by atoms with Crippen LogP contribution in [0, 0.1) is 19.8 Å². The van der Waals surface area contributed by atoms with Crippen LogP contribution in [0.5, 0.6) is 0 Å². The van der Waals surface area contributed by atoms with E-state index in [2.05, 4.69) is 5.32 Å². The highest BCUT2D eigenvalue weighted by Gasteiger charge is 2.19. The first-order valence-electron chi connectivity index (χ1n) is 6.73. The van der Waals surface area contributed by atoms with Gasteiger partial charge in [0, 0.05) is 17.8 Å². The molecule has 1 aliphatic rings. The Bertz CT molecular complexity index is 425. The van der Waals surface area contributed by atoms with Gasteiger partial charge in [0.15, 0.2) is 0 Å². The molecule has 0 heterocycles. The van der Waals surface area contributed by atoms with E-state index in [4.69, 9.17) is 5.73 Å². The van der Waals surface area contributed by atoms with Crippen LogP contribution in [0.25, 0.3) is 0 Å². The van der Waals surface area contributed by atoms with Crippen molar-refractivity contribution in [1.82, 2.24) is 0 Å². The second-order valence-corrected chi connectivity index (χ2v) is 5.43. The standard InChI is InChI=1S/C15H22N2O/c1-10-7-13(16)8-11(2)15(10)17-14(18)9-12-5-3-4-6-12/h7-8,12H,3-6,9,16H2,1-2H3,(H,17,18). The first kappa shape index (κ1) is 12.9. The number of hydrogen-bond donors (Lipinski definition) is 2. The molecule has 1 aliphatic carbocycles. The van der Waals surface area contributed by atoms with Gasteiger partial charge in [-0.2, -0.15) is 0 Å². The first-order chi connectivity index (χ1) is 8.56. The van der Waals surface area contributed by atoms with Crippen molar-refractivity contribution >= 4 is 17.3 Å². The summed E-state index contributed by atoms with van der Waals surface area (Å²) in [5.41, 5.74) is 9.52. The number of benzene rings is 1. The highest BCUT2D eigenvalue weighted by atomic mass is 16.1. The second kappa shape index (κ2) is 5.42. The smallest absolute Gasteiger partial charge is 0.224 e. The van der Waals surface area contributed by atoms with E-state index in [1.807, 2.05) is 26.0 Å². The van der Waals surface area contributed by atoms with E-state index >= 15 is 0 Å². The van der Waals surface area contributed by atoms with Crippen LogP contribution in [0.3, 0.4) is 0 Å². The van der Waals surface area contributed by atoms with Crippen LogP contribution in [0.15, 0.2) is 12.1 Å². The Morgan fingerprint density at radius 1 is 1.28 bits per heavy atom. The van der Waals surface area contributed by atoms with Crippen LogP contribution in [-0.4, -0.2) is 5.91 Å². The summed E-state index contributed by atoms with van der Waals surface area (Å²) in [5.74, 6) is 0.720. The number of amides is 1. The van der Waals surface area contributed by atoms with E-state index in [0.717, 1.165) is 22.5 Å². The van der Waals surface area contributed by atoms with Gasteiger partial charge in [-0.1, -0.05) is 12.8 Å². The molecule has 1 fully saturated rings. The molecular weight excluding hydrogens is 224 g/mol. The maximum absolute atomic E-state index is 12.0. The fourth-order valence-corrected chi connectivity index (χ4v) is 2.86. The largest absolute Gasteiger partial charge is 0.399 e. The molecule has 0 atom stereocenters. The molecule has 0 radical (unpaired) electrons. The van der Waals surface area contributed by atoms with Crippen LogP contribution in [0.4, 0.5) is 11.4 Å². The van der Waals surface area contributed by atoms with Crippen molar-refractivity contribution in [2.24, 2.45) is 5.92 Å². The van der Waals surface area contributed by atoms with Crippen molar-refractivity contribution < 1.29 is 4.79 Å². The average Bonchev–Trinajstić information content (AvgIpc) is 2.76. The van der Waals surface area contributed by atoms with E-state index in [-0.39, 0.29) is 5.91 Å². The lowest BCUT2D eigenvalue weighted by atomic mass is 10.0. The van der Waals surface area contributed by atoms with Crippen molar-refractivity contribution in [3.05, 3.63) is 23.3 Å². The van der Waals surface area contributed by atoms with Gasteiger partial charge in [0.1, 0.15) is 0 Å². The minimum atomic E-state index is 0.137. The van der Waals surface area contributed by atoms with Gasteiger partial charge in [-0.05, 0) is 55.9 Å². The number of nitrogens with two attached hydrogens (primary N) is 1. The predicted molar refractivity (Wildman–Crippen MR) is 75.5 cm³/mol. The number of carbonyl (C=O) groups excluding carboxylic acids is 1. The average molecular weight is 246 g/mol. The molecular formula is C15H22N2O. The fraction of sp³-hybridized carbons (Fsp3) is 0.533. The maximum atomic E-state index is 12.0. The molecule has 0 bridgehead atoms. The molecule has 1 amide bonds. The fourth-order valence-electron chi connectivity index (χ4n) is 2.86. The summed E-state index contributed by atoms with van der Waals surface area (Å²) in [4.78, 5) is 12.0. The zero-order chi connectivity index (χ0) is 13.1. The Morgan fingerprint density at radius 2 is 1.83 bits per heavy atom. The third kappa shape index (κ3) is 3.03. The summed E-state index contributed by atoms with van der Waals surface area (Å²) in [6.45, 7) is 3.96. The lowest BCUT2D eigenvalue weighted by Gasteiger charge is -2.14. The van der Waals surface area contributed by atoms with Crippen molar-refractivity contribution in [3.63, 3.8) is 0 Å². The van der Waals surface area contributed by atoms with Crippen molar-refractivity contribution in [2.45, 2.75) is 46.0 Å². The topological polar surface area (TPSA) is 55.1 Å². The Labute approximate surface area is 109 Å². The van der Waals surface area contributed by atoms with Gasteiger partial charge in [0.2, 0.25) is 5.91 Å². The van der Waals surface area contributed by atoms with Crippen molar-refractivity contribution in [3.8, 4) is 0 Å². The predicted octanol–water partition coefficient (Wildman–Crippen LogP) is 3.40. The monoisotopic (exact) mass is 246 g/mol. The summed E-state index contributed by atoms with van der Waals surface area (Å²) in [5, 5.41) is 3.04. The van der Waals surface area contributed by atoms with E-state index in [1.165, 1.54) is 25.7 Å². The third-order valence-electron chi connectivity index (χ3n) is 3.77. The Morgan fingerprint density at radius 3 is 2.39 bits per heavy atom. The molecule has 1 saturated carbocycles. The highest BCUT2D eigenvalue weighted by Crippen LogP contribution is 2.29. The maximum Gasteiger partial charge on any atom is 0.224 e. The minimum absolute atomic E-state index is 0.137. The van der Waals surface area contributed by atoms with Gasteiger partial charge in [0.25, 0.3) is 0 Å². The molecule has 1 aromatic carbocycles. The number of nitrogens with one attached hydrogen (secondary N) is 1. The zero-order valence-corrected chi connectivity index (χ0v) is 11.3. The Kier molecular flexibility index (Phi) is 3.90. The van der Waals surface area contributed by atoms with Gasteiger partial charge in [0.05, 0.1) is 0 Å². The van der Waals surface area contributed by atoms with Crippen LogP contribution < -0.4 is 11.1 Å². The summed E-state index contributed by atoms with van der Waals surface area (Å²) in [6, 6.07) is 3.80. The lowest BCUT2D eigenvalue weighted by Crippen LogP contribution is -2.16. The molecule has 1 aromatic rings. The SMILES string of the molecule is Cc1cc(N)cc(C)c1NC(=O)CC1CCCC1. The summed E-state index contributed by atoms with van der Waals surface area (Å²) in [6.07, 6.45) is 5.61. The van der Waals surface area contributed by atoms with Crippen molar-refractivity contribution in [1.29, 1.82) is 0 Å². The summed E-state index contributed by atoms with van der Waals surface area (Å²) >= 11 is 0. The molecule has 0 unspecified atom stereocenters. The molecule has 18 heavy (non-hydrogen) atoms. The van der Waals surface area contributed by atoms with Crippen LogP contribution in [0.1, 0.15) is 43.2 Å². The van der Waals surface area contributed by atoms with Crippen LogP contribution in [0.2, 0.25) is 0 Å². The van der Waals surface area contributed by atoms with E-state index < -0.39 is 0 Å². The van der Waals surface area contributed by atoms with Gasteiger partial charge < -0.3 is 11.1 Å². The van der Waals surface area contributed by atoms with Gasteiger partial charge in [-0.25, -0.2) is 0 Å². The van der Waals surface area contributed by atoms with Gasteiger partial charge in [-0.15, -0.1) is 0 Å². The third-order valence-corrected chi connectivity index (χ3v) is 3.77. The lowest BCUT2D eigenvalue weighted by molar-refractivity contribution is -0.117. The number of anilines is 2. The molecule has 98 valence electrons. The molecule has 2 rings (SSSR count). The quantitative estimate of drug-likeness (QED) is 0.803. The molecule has 3 heteroatoms. The van der Waals surface area contributed by atoms with E-state index in [1.54, 1.807) is 0 Å². The summed E-state index contributed by atoms with van der Waals surface area (Å²) < 4.78 is 0. The van der Waals surface area contributed by atoms with Crippen LogP contribution in [-0.2, 0) is 4.79 Å². The first-order valence-corrected chi connectivity index (χ1v) is 6.73. The van der Waals surface area contributed by atoms with Gasteiger partial charge in [-0.3, -0.25) is 4.79 Å². The zero-order valence-electron chi connectivity index (χ0n) is 11.3. The number of aryl methyl sites for hydroxylation is 2. The molecule has 3 N–H and O–H groups in total. The van der Waals surface area contributed by atoms with E-state index in [9.17, 15) is 4.79 Å². The molecule has 0 aliphatic heterocycles. The number of hydrogen-bond acceptors (Lipinski definition) is 2. The van der Waals surface area contributed by atoms with E-state index in [0.29, 0.717) is 12.3 Å². The number of rotatable bonds is 3. The Hall–Kier alpha value is -1.51. The van der Waals surface area contributed by atoms with Gasteiger partial charge >= 0.3 is 0 Å². The molecule has 3 nitrogen and oxygen atoms in total. The van der Waals surface area contributed by atoms with Crippen LogP contribution >= 0.6 is 0 Å². The number of carbonyl (C=O) groups is 1. The molecule has 0 spiro atoms. The minimum Gasteiger partial charge on any atom is -0.399 e. The molecule has 0 saturated heterocycles. The number of nitrogen functional groups attached to an aromatic ring is 1. The Balaban J connectivity index is 2.02. The highest BCUT2D eigenvalue weighted by molar-refractivity contribution is 5.92. The van der Waals surface area contributed by atoms with Crippen molar-refractivity contribution in [2.75, 3.05) is 11.1 Å². The summed E-state index contributed by atoms with van der Waals surface area (Å²) in [7, 11) is 0. The normalized spacial score (nSPS) is 15.9.